The summed E-state index contributed by atoms with van der Waals surface area (Å²) < 4.78 is 5.83. The molecule has 1 aromatic heterocycles. The van der Waals surface area contributed by atoms with Gasteiger partial charge in [-0.1, -0.05) is 11.3 Å². The fraction of sp³-hybridized carbons (Fsp3) is 0.273. The van der Waals surface area contributed by atoms with Gasteiger partial charge < -0.3 is 9.73 Å². The number of fused-ring (bicyclic) bond motifs is 1. The van der Waals surface area contributed by atoms with E-state index in [2.05, 4.69) is 5.32 Å². The number of aryl methyl sites for hydroxylation is 2. The first kappa shape index (κ1) is 10.9. The summed E-state index contributed by atoms with van der Waals surface area (Å²) in [4.78, 5) is 21.9. The number of nitrogens with one attached hydrogen (secondary N) is 1. The summed E-state index contributed by atoms with van der Waals surface area (Å²) in [5.74, 6) is -0.124. The van der Waals surface area contributed by atoms with Crippen molar-refractivity contribution in [3.63, 3.8) is 0 Å². The minimum Gasteiger partial charge on any atom is -0.414 e. The molecule has 0 unspecified atom stereocenters. The van der Waals surface area contributed by atoms with Crippen LogP contribution in [0.15, 0.2) is 15.3 Å². The Morgan fingerprint density at radius 2 is 2.12 bits per heavy atom. The predicted molar refractivity (Wildman–Crippen MR) is 64.1 cm³/mol. The molecule has 84 valence electrons. The standard InChI is InChI=1S/C11H11NO3S/c1-5-4-8-10(16-11(14)15-8)6(2)9(5)12-7(3)13/h4H,1-3H3,(H,12,13). The Labute approximate surface area is 95.9 Å². The van der Waals surface area contributed by atoms with Gasteiger partial charge in [-0.25, -0.2) is 4.79 Å². The lowest BCUT2D eigenvalue weighted by Crippen LogP contribution is -2.08. The van der Waals surface area contributed by atoms with Crippen LogP contribution in [0.1, 0.15) is 18.1 Å². The molecule has 0 saturated heterocycles. The van der Waals surface area contributed by atoms with Crippen molar-refractivity contribution in [2.75, 3.05) is 5.32 Å². The fourth-order valence-corrected chi connectivity index (χ4v) is 2.45. The van der Waals surface area contributed by atoms with Crippen molar-refractivity contribution >= 4 is 33.2 Å². The van der Waals surface area contributed by atoms with Crippen molar-refractivity contribution in [3.8, 4) is 0 Å². The molecule has 0 fully saturated rings. The topological polar surface area (TPSA) is 59.3 Å². The first-order valence-electron chi connectivity index (χ1n) is 4.80. The van der Waals surface area contributed by atoms with E-state index in [-0.39, 0.29) is 10.8 Å². The molecule has 1 N–H and O–H groups in total. The number of hydrogen-bond donors (Lipinski definition) is 1. The van der Waals surface area contributed by atoms with Crippen LogP contribution in [0.25, 0.3) is 10.3 Å². The van der Waals surface area contributed by atoms with Crippen molar-refractivity contribution < 1.29 is 9.21 Å². The Morgan fingerprint density at radius 1 is 1.44 bits per heavy atom. The third-order valence-corrected chi connectivity index (χ3v) is 3.32. The minimum atomic E-state index is -0.322. The maximum Gasteiger partial charge on any atom is 0.396 e. The molecule has 2 rings (SSSR count). The molecular weight excluding hydrogens is 226 g/mol. The average Bonchev–Trinajstić information content (AvgIpc) is 2.53. The van der Waals surface area contributed by atoms with Crippen LogP contribution in [0.4, 0.5) is 5.69 Å². The number of anilines is 1. The second-order valence-electron chi connectivity index (χ2n) is 3.66. The maximum absolute atomic E-state index is 11.2. The average molecular weight is 237 g/mol. The summed E-state index contributed by atoms with van der Waals surface area (Å²) >= 11 is 1.06. The molecule has 1 heterocycles. The van der Waals surface area contributed by atoms with E-state index >= 15 is 0 Å². The zero-order valence-corrected chi connectivity index (χ0v) is 10.0. The summed E-state index contributed by atoms with van der Waals surface area (Å²) in [6, 6.07) is 1.77. The van der Waals surface area contributed by atoms with E-state index in [0.29, 0.717) is 5.58 Å². The monoisotopic (exact) mass is 237 g/mol. The van der Waals surface area contributed by atoms with Crippen molar-refractivity contribution in [2.45, 2.75) is 20.8 Å². The third-order valence-electron chi connectivity index (χ3n) is 2.36. The Hall–Kier alpha value is -1.62. The van der Waals surface area contributed by atoms with E-state index in [1.165, 1.54) is 6.92 Å². The molecule has 0 saturated carbocycles. The summed E-state index contributed by atoms with van der Waals surface area (Å²) in [6.45, 7) is 5.20. The number of benzene rings is 1. The first-order valence-corrected chi connectivity index (χ1v) is 5.62. The molecule has 0 aliphatic carbocycles. The summed E-state index contributed by atoms with van der Waals surface area (Å²) in [6.07, 6.45) is 0. The van der Waals surface area contributed by atoms with Crippen LogP contribution in [0.5, 0.6) is 0 Å². The highest BCUT2D eigenvalue weighted by Gasteiger charge is 2.12. The lowest BCUT2D eigenvalue weighted by Gasteiger charge is -2.09. The SMILES string of the molecule is CC(=O)Nc1c(C)cc2oc(=O)sc2c1C. The van der Waals surface area contributed by atoms with Crippen LogP contribution in [0, 0.1) is 13.8 Å². The van der Waals surface area contributed by atoms with Gasteiger partial charge in [0, 0.05) is 12.6 Å². The van der Waals surface area contributed by atoms with Gasteiger partial charge >= 0.3 is 4.94 Å². The van der Waals surface area contributed by atoms with Gasteiger partial charge in [0.25, 0.3) is 0 Å². The molecule has 16 heavy (non-hydrogen) atoms. The fourth-order valence-electron chi connectivity index (χ4n) is 1.69. The highest BCUT2D eigenvalue weighted by atomic mass is 32.1. The Balaban J connectivity index is 2.74. The van der Waals surface area contributed by atoms with E-state index < -0.39 is 0 Å². The molecule has 2 aromatic rings. The first-order chi connectivity index (χ1) is 7.49. The van der Waals surface area contributed by atoms with E-state index in [4.69, 9.17) is 4.42 Å². The van der Waals surface area contributed by atoms with Crippen molar-refractivity contribution in [1.29, 1.82) is 0 Å². The van der Waals surface area contributed by atoms with Crippen molar-refractivity contribution in [1.82, 2.24) is 0 Å². The van der Waals surface area contributed by atoms with Crippen LogP contribution >= 0.6 is 11.3 Å². The van der Waals surface area contributed by atoms with Gasteiger partial charge in [-0.05, 0) is 31.0 Å². The molecular formula is C11H11NO3S. The molecule has 0 atom stereocenters. The highest BCUT2D eigenvalue weighted by molar-refractivity contribution is 7.16. The Bertz CT molecular complexity index is 624. The predicted octanol–water partition coefficient (Wildman–Crippen LogP) is 2.43. The van der Waals surface area contributed by atoms with E-state index in [0.717, 1.165) is 32.9 Å². The molecule has 0 aliphatic heterocycles. The smallest absolute Gasteiger partial charge is 0.396 e. The van der Waals surface area contributed by atoms with E-state index in [1.54, 1.807) is 6.07 Å². The zero-order chi connectivity index (χ0) is 11.9. The minimum absolute atomic E-state index is 0.124. The molecule has 5 heteroatoms. The van der Waals surface area contributed by atoms with Crippen molar-refractivity contribution in [3.05, 3.63) is 26.9 Å². The molecule has 0 bridgehead atoms. The Kier molecular flexibility index (Phi) is 2.55. The van der Waals surface area contributed by atoms with Crippen LogP contribution in [0.3, 0.4) is 0 Å². The largest absolute Gasteiger partial charge is 0.414 e. The second kappa shape index (κ2) is 3.75. The van der Waals surface area contributed by atoms with Gasteiger partial charge in [-0.2, -0.15) is 0 Å². The van der Waals surface area contributed by atoms with Gasteiger partial charge in [0.2, 0.25) is 5.91 Å². The van der Waals surface area contributed by atoms with Gasteiger partial charge in [-0.15, -0.1) is 0 Å². The summed E-state index contributed by atoms with van der Waals surface area (Å²) in [5, 5.41) is 2.77. The molecule has 0 radical (unpaired) electrons. The number of hydrogen-bond acceptors (Lipinski definition) is 4. The number of amides is 1. The number of carbonyl (C=O) groups is 1. The lowest BCUT2D eigenvalue weighted by atomic mass is 10.1. The summed E-state index contributed by atoms with van der Waals surface area (Å²) in [7, 11) is 0. The van der Waals surface area contributed by atoms with Crippen LogP contribution in [-0.4, -0.2) is 5.91 Å². The van der Waals surface area contributed by atoms with E-state index in [1.807, 2.05) is 13.8 Å². The zero-order valence-electron chi connectivity index (χ0n) is 9.21. The van der Waals surface area contributed by atoms with Crippen LogP contribution < -0.4 is 10.3 Å². The normalized spacial score (nSPS) is 10.7. The summed E-state index contributed by atoms with van der Waals surface area (Å²) in [5.41, 5.74) is 3.11. The van der Waals surface area contributed by atoms with Gasteiger partial charge in [0.15, 0.2) is 0 Å². The maximum atomic E-state index is 11.2. The van der Waals surface area contributed by atoms with Crippen LogP contribution in [0.2, 0.25) is 0 Å². The van der Waals surface area contributed by atoms with Crippen molar-refractivity contribution in [2.24, 2.45) is 0 Å². The number of carbonyl (C=O) groups excluding carboxylic acids is 1. The van der Waals surface area contributed by atoms with Crippen LogP contribution in [-0.2, 0) is 4.79 Å². The second-order valence-corrected chi connectivity index (χ2v) is 4.60. The van der Waals surface area contributed by atoms with Gasteiger partial charge in [0.1, 0.15) is 5.58 Å². The third kappa shape index (κ3) is 1.74. The quantitative estimate of drug-likeness (QED) is 0.828. The molecule has 0 aliphatic rings. The van der Waals surface area contributed by atoms with Gasteiger partial charge in [-0.3, -0.25) is 4.79 Å². The highest BCUT2D eigenvalue weighted by Crippen LogP contribution is 2.30. The lowest BCUT2D eigenvalue weighted by molar-refractivity contribution is -0.114. The molecule has 4 nitrogen and oxygen atoms in total. The molecule has 1 amide bonds. The molecule has 1 aromatic carbocycles. The van der Waals surface area contributed by atoms with E-state index in [9.17, 15) is 9.59 Å². The van der Waals surface area contributed by atoms with Gasteiger partial charge in [0.05, 0.1) is 4.70 Å². The number of rotatable bonds is 1. The molecule has 0 spiro atoms. The Morgan fingerprint density at radius 3 is 2.75 bits per heavy atom.